The standard InChI is InChI=1S/C28H33ClN4O3S/c1-22-9-10-24(18-26(22)29)30-28(35)32(12-11-31-13-15-36-16-14-31)21-27(34)33(20-25-8-5-17-37-25)19-23-6-3-2-4-7-23/h2-10,17-18H,11-16,19-21H2,1H3,(H,30,35). The Hall–Kier alpha value is -2.91. The monoisotopic (exact) mass is 540 g/mol. The van der Waals surface area contributed by atoms with Crippen LogP contribution in [0.4, 0.5) is 10.5 Å². The molecule has 3 amide bonds. The number of thiophene rings is 1. The number of aryl methyl sites for hydroxylation is 1. The van der Waals surface area contributed by atoms with E-state index in [4.69, 9.17) is 16.3 Å². The smallest absolute Gasteiger partial charge is 0.322 e. The number of carbonyl (C=O) groups is 2. The molecule has 1 fully saturated rings. The number of morpholine rings is 1. The summed E-state index contributed by atoms with van der Waals surface area (Å²) in [5.74, 6) is -0.101. The first-order chi connectivity index (χ1) is 18.0. The molecule has 0 spiro atoms. The van der Waals surface area contributed by atoms with Crippen LogP contribution in [0, 0.1) is 6.92 Å². The number of benzene rings is 2. The summed E-state index contributed by atoms with van der Waals surface area (Å²) >= 11 is 7.89. The van der Waals surface area contributed by atoms with E-state index in [1.54, 1.807) is 22.3 Å². The lowest BCUT2D eigenvalue weighted by atomic mass is 10.2. The molecule has 4 rings (SSSR count). The SMILES string of the molecule is Cc1ccc(NC(=O)N(CCN2CCOCC2)CC(=O)N(Cc2ccccc2)Cc2cccs2)cc1Cl. The topological polar surface area (TPSA) is 65.1 Å². The van der Waals surface area contributed by atoms with E-state index in [1.807, 2.05) is 71.8 Å². The second-order valence-corrected chi connectivity index (χ2v) is 10.5. The van der Waals surface area contributed by atoms with Crippen molar-refractivity contribution in [3.8, 4) is 0 Å². The molecule has 0 bridgehead atoms. The van der Waals surface area contributed by atoms with Crippen molar-refractivity contribution in [3.63, 3.8) is 0 Å². The van der Waals surface area contributed by atoms with Gasteiger partial charge in [0.1, 0.15) is 6.54 Å². The van der Waals surface area contributed by atoms with Crippen molar-refractivity contribution < 1.29 is 14.3 Å². The van der Waals surface area contributed by atoms with Gasteiger partial charge in [-0.3, -0.25) is 9.69 Å². The second kappa shape index (κ2) is 13.6. The van der Waals surface area contributed by atoms with Gasteiger partial charge in [-0.05, 0) is 41.6 Å². The Balaban J connectivity index is 1.49. The summed E-state index contributed by atoms with van der Waals surface area (Å²) in [4.78, 5) is 33.8. The highest BCUT2D eigenvalue weighted by atomic mass is 35.5. The lowest BCUT2D eigenvalue weighted by molar-refractivity contribution is -0.133. The van der Waals surface area contributed by atoms with Crippen LogP contribution in [0.2, 0.25) is 5.02 Å². The number of anilines is 1. The van der Waals surface area contributed by atoms with E-state index < -0.39 is 0 Å². The van der Waals surface area contributed by atoms with Gasteiger partial charge < -0.3 is 19.9 Å². The van der Waals surface area contributed by atoms with Gasteiger partial charge in [0.15, 0.2) is 0 Å². The van der Waals surface area contributed by atoms with Crippen LogP contribution in [-0.2, 0) is 22.6 Å². The maximum absolute atomic E-state index is 13.6. The third kappa shape index (κ3) is 8.30. The number of nitrogens with one attached hydrogen (secondary N) is 1. The molecule has 1 saturated heterocycles. The zero-order valence-electron chi connectivity index (χ0n) is 21.1. The summed E-state index contributed by atoms with van der Waals surface area (Å²) in [5.41, 5.74) is 2.58. The van der Waals surface area contributed by atoms with Crippen molar-refractivity contribution in [1.82, 2.24) is 14.7 Å². The highest BCUT2D eigenvalue weighted by Gasteiger charge is 2.23. The maximum Gasteiger partial charge on any atom is 0.322 e. The van der Waals surface area contributed by atoms with Crippen LogP contribution >= 0.6 is 22.9 Å². The fourth-order valence-corrected chi connectivity index (χ4v) is 5.00. The van der Waals surface area contributed by atoms with Crippen LogP contribution in [0.15, 0.2) is 66.0 Å². The van der Waals surface area contributed by atoms with Crippen LogP contribution in [0.25, 0.3) is 0 Å². The Labute approximate surface area is 227 Å². The number of carbonyl (C=O) groups excluding carboxylic acids is 2. The van der Waals surface area contributed by atoms with E-state index in [2.05, 4.69) is 10.2 Å². The van der Waals surface area contributed by atoms with Crippen LogP contribution < -0.4 is 5.32 Å². The van der Waals surface area contributed by atoms with E-state index in [0.717, 1.165) is 29.1 Å². The first kappa shape index (κ1) is 27.1. The largest absolute Gasteiger partial charge is 0.379 e. The maximum atomic E-state index is 13.6. The minimum absolute atomic E-state index is 0.0199. The molecule has 196 valence electrons. The second-order valence-electron chi connectivity index (χ2n) is 9.08. The quantitative estimate of drug-likeness (QED) is 0.388. The van der Waals surface area contributed by atoms with Crippen LogP contribution in [-0.4, -0.2) is 72.6 Å². The molecule has 3 aromatic rings. The Kier molecular flexibility index (Phi) is 9.96. The molecule has 0 aliphatic carbocycles. The molecule has 9 heteroatoms. The Morgan fingerprint density at radius 2 is 1.81 bits per heavy atom. The molecule has 0 saturated carbocycles. The molecule has 1 aliphatic rings. The molecule has 0 unspecified atom stereocenters. The Morgan fingerprint density at radius 1 is 1.03 bits per heavy atom. The molecule has 0 atom stereocenters. The summed E-state index contributed by atoms with van der Waals surface area (Å²) in [5, 5.41) is 5.52. The van der Waals surface area contributed by atoms with E-state index in [-0.39, 0.29) is 18.5 Å². The summed E-state index contributed by atoms with van der Waals surface area (Å²) in [6, 6.07) is 19.0. The number of halogens is 1. The van der Waals surface area contributed by atoms with Gasteiger partial charge in [0.05, 0.1) is 19.8 Å². The van der Waals surface area contributed by atoms with E-state index in [1.165, 1.54) is 0 Å². The number of urea groups is 1. The fraction of sp³-hybridized carbons (Fsp3) is 0.357. The number of ether oxygens (including phenoxy) is 1. The number of rotatable bonds is 10. The van der Waals surface area contributed by atoms with Crippen molar-refractivity contribution in [3.05, 3.63) is 87.1 Å². The van der Waals surface area contributed by atoms with E-state index in [9.17, 15) is 9.59 Å². The molecule has 37 heavy (non-hydrogen) atoms. The van der Waals surface area contributed by atoms with E-state index in [0.29, 0.717) is 50.1 Å². The summed E-state index contributed by atoms with van der Waals surface area (Å²) < 4.78 is 5.45. The number of amides is 3. The molecule has 1 aromatic heterocycles. The predicted molar refractivity (Wildman–Crippen MR) is 149 cm³/mol. The van der Waals surface area contributed by atoms with Gasteiger partial charge in [0.25, 0.3) is 0 Å². The highest BCUT2D eigenvalue weighted by molar-refractivity contribution is 7.09. The molecule has 1 N–H and O–H groups in total. The third-order valence-corrected chi connectivity index (χ3v) is 7.59. The van der Waals surface area contributed by atoms with E-state index >= 15 is 0 Å². The number of hydrogen-bond acceptors (Lipinski definition) is 5. The zero-order valence-corrected chi connectivity index (χ0v) is 22.6. The van der Waals surface area contributed by atoms with Crippen molar-refractivity contribution in [2.75, 3.05) is 51.3 Å². The first-order valence-corrected chi connectivity index (χ1v) is 13.7. The van der Waals surface area contributed by atoms with Crippen molar-refractivity contribution in [2.24, 2.45) is 0 Å². The van der Waals surface area contributed by atoms with Gasteiger partial charge in [0.2, 0.25) is 5.91 Å². The summed E-state index contributed by atoms with van der Waals surface area (Å²) in [6.07, 6.45) is 0. The minimum atomic E-state index is -0.322. The van der Waals surface area contributed by atoms with Gasteiger partial charge in [0, 0.05) is 48.3 Å². The highest BCUT2D eigenvalue weighted by Crippen LogP contribution is 2.21. The Bertz CT molecular complexity index is 1150. The lowest BCUT2D eigenvalue weighted by Crippen LogP contribution is -2.48. The van der Waals surface area contributed by atoms with Gasteiger partial charge in [-0.2, -0.15) is 0 Å². The summed E-state index contributed by atoms with van der Waals surface area (Å²) in [6.45, 7) is 6.95. The van der Waals surface area contributed by atoms with Crippen molar-refractivity contribution in [2.45, 2.75) is 20.0 Å². The van der Waals surface area contributed by atoms with Gasteiger partial charge in [-0.15, -0.1) is 11.3 Å². The summed E-state index contributed by atoms with van der Waals surface area (Å²) in [7, 11) is 0. The molecular formula is C28H33ClN4O3S. The minimum Gasteiger partial charge on any atom is -0.379 e. The van der Waals surface area contributed by atoms with Crippen LogP contribution in [0.3, 0.4) is 0 Å². The number of hydrogen-bond donors (Lipinski definition) is 1. The zero-order chi connectivity index (χ0) is 26.0. The molecule has 2 heterocycles. The third-order valence-electron chi connectivity index (χ3n) is 6.32. The van der Waals surface area contributed by atoms with Gasteiger partial charge in [-0.1, -0.05) is 54.1 Å². The first-order valence-electron chi connectivity index (χ1n) is 12.4. The molecule has 7 nitrogen and oxygen atoms in total. The molecule has 0 radical (unpaired) electrons. The molecular weight excluding hydrogens is 508 g/mol. The predicted octanol–water partition coefficient (Wildman–Crippen LogP) is 5.11. The van der Waals surface area contributed by atoms with Gasteiger partial charge in [-0.25, -0.2) is 4.79 Å². The molecule has 2 aromatic carbocycles. The average molecular weight is 541 g/mol. The number of nitrogens with zero attached hydrogens (tertiary/aromatic N) is 3. The average Bonchev–Trinajstić information content (AvgIpc) is 3.42. The normalized spacial score (nSPS) is 13.8. The van der Waals surface area contributed by atoms with Crippen molar-refractivity contribution >= 4 is 40.6 Å². The fourth-order valence-electron chi connectivity index (χ4n) is 4.10. The molecule has 1 aliphatic heterocycles. The Morgan fingerprint density at radius 3 is 2.51 bits per heavy atom. The van der Waals surface area contributed by atoms with Crippen LogP contribution in [0.1, 0.15) is 16.0 Å². The van der Waals surface area contributed by atoms with Gasteiger partial charge >= 0.3 is 6.03 Å². The lowest BCUT2D eigenvalue weighted by Gasteiger charge is -2.31. The van der Waals surface area contributed by atoms with Crippen molar-refractivity contribution in [1.29, 1.82) is 0 Å². The van der Waals surface area contributed by atoms with Crippen LogP contribution in [0.5, 0.6) is 0 Å².